The molecular weight excluding hydrogens is 316 g/mol. The highest BCUT2D eigenvalue weighted by molar-refractivity contribution is 7.99. The Hall–Kier alpha value is -1.55. The first kappa shape index (κ1) is 15.9. The predicted molar refractivity (Wildman–Crippen MR) is 99.7 cm³/mol. The lowest BCUT2D eigenvalue weighted by Gasteiger charge is -2.21. The molecule has 0 atom stereocenters. The molecule has 4 heteroatoms. The maximum Gasteiger partial charge on any atom is 0.232 e. The van der Waals surface area contributed by atoms with Gasteiger partial charge in [-0.15, -0.1) is 0 Å². The number of pyridine rings is 1. The van der Waals surface area contributed by atoms with E-state index in [-0.39, 0.29) is 5.91 Å². The molecule has 0 spiro atoms. The first-order valence-electron chi connectivity index (χ1n) is 9.05. The summed E-state index contributed by atoms with van der Waals surface area (Å²) >= 11 is 1.65. The van der Waals surface area contributed by atoms with E-state index in [1.807, 2.05) is 4.90 Å². The van der Waals surface area contributed by atoms with Gasteiger partial charge >= 0.3 is 0 Å². The summed E-state index contributed by atoms with van der Waals surface area (Å²) in [5.74, 6) is 0.796. The molecule has 2 aliphatic rings. The molecule has 2 heterocycles. The SMILES string of the molecule is Cc1ccc2c3c(c(SCC(=O)N4CCCC4)nc2c1)CCCC3. The van der Waals surface area contributed by atoms with Crippen molar-refractivity contribution >= 4 is 28.6 Å². The highest BCUT2D eigenvalue weighted by Gasteiger charge is 2.22. The molecule has 1 aliphatic carbocycles. The first-order valence-corrected chi connectivity index (χ1v) is 10.0. The van der Waals surface area contributed by atoms with Gasteiger partial charge in [0.1, 0.15) is 5.03 Å². The Labute approximate surface area is 147 Å². The maximum atomic E-state index is 12.4. The Kier molecular flexibility index (Phi) is 4.49. The van der Waals surface area contributed by atoms with Gasteiger partial charge in [-0.1, -0.05) is 23.9 Å². The Morgan fingerprint density at radius 1 is 1.12 bits per heavy atom. The van der Waals surface area contributed by atoms with E-state index in [4.69, 9.17) is 4.98 Å². The van der Waals surface area contributed by atoms with Crippen LogP contribution in [0.2, 0.25) is 0 Å². The van der Waals surface area contributed by atoms with Crippen LogP contribution in [0.5, 0.6) is 0 Å². The molecule has 1 fully saturated rings. The second kappa shape index (κ2) is 6.75. The summed E-state index contributed by atoms with van der Waals surface area (Å²) in [4.78, 5) is 19.3. The lowest BCUT2D eigenvalue weighted by atomic mass is 9.90. The van der Waals surface area contributed by atoms with Crippen LogP contribution in [-0.2, 0) is 17.6 Å². The molecule has 1 amide bonds. The molecule has 1 saturated heterocycles. The van der Waals surface area contributed by atoms with Gasteiger partial charge in [0.25, 0.3) is 0 Å². The van der Waals surface area contributed by atoms with Gasteiger partial charge in [-0.25, -0.2) is 4.98 Å². The number of benzene rings is 1. The van der Waals surface area contributed by atoms with Crippen molar-refractivity contribution in [2.24, 2.45) is 0 Å². The van der Waals surface area contributed by atoms with Crippen LogP contribution in [0.1, 0.15) is 42.4 Å². The van der Waals surface area contributed by atoms with Gasteiger partial charge in [-0.2, -0.15) is 0 Å². The fourth-order valence-electron chi connectivity index (χ4n) is 3.91. The van der Waals surface area contributed by atoms with Crippen LogP contribution in [0.4, 0.5) is 0 Å². The number of carbonyl (C=O) groups excluding carboxylic acids is 1. The van der Waals surface area contributed by atoms with E-state index in [0.29, 0.717) is 5.75 Å². The number of aromatic nitrogens is 1. The number of aryl methyl sites for hydroxylation is 2. The van der Waals surface area contributed by atoms with Gasteiger partial charge in [-0.05, 0) is 68.2 Å². The average Bonchev–Trinajstić information content (AvgIpc) is 3.14. The second-order valence-corrected chi connectivity index (χ2v) is 7.94. The zero-order chi connectivity index (χ0) is 16.5. The van der Waals surface area contributed by atoms with Crippen molar-refractivity contribution in [3.8, 4) is 0 Å². The molecule has 2 aromatic rings. The summed E-state index contributed by atoms with van der Waals surface area (Å²) in [6, 6.07) is 6.59. The van der Waals surface area contributed by atoms with E-state index in [2.05, 4.69) is 25.1 Å². The number of fused-ring (bicyclic) bond motifs is 3. The van der Waals surface area contributed by atoms with Crippen LogP contribution < -0.4 is 0 Å². The van der Waals surface area contributed by atoms with Crippen molar-refractivity contribution in [2.45, 2.75) is 50.5 Å². The topological polar surface area (TPSA) is 33.2 Å². The smallest absolute Gasteiger partial charge is 0.232 e. The summed E-state index contributed by atoms with van der Waals surface area (Å²) in [5.41, 5.74) is 5.21. The van der Waals surface area contributed by atoms with Crippen LogP contribution in [0.25, 0.3) is 10.9 Å². The first-order chi connectivity index (χ1) is 11.7. The lowest BCUT2D eigenvalue weighted by Crippen LogP contribution is -2.29. The number of thioether (sulfide) groups is 1. The van der Waals surface area contributed by atoms with Gasteiger partial charge in [0.05, 0.1) is 11.3 Å². The molecule has 0 radical (unpaired) electrons. The summed E-state index contributed by atoms with van der Waals surface area (Å²) in [5, 5.41) is 2.40. The molecule has 1 aromatic heterocycles. The third kappa shape index (κ3) is 3.04. The standard InChI is InChI=1S/C20H24N2OS/c1-14-8-9-16-15-6-2-3-7-17(15)20(21-18(16)12-14)24-13-19(23)22-10-4-5-11-22/h8-9,12H,2-7,10-11,13H2,1H3. The monoisotopic (exact) mass is 340 g/mol. The van der Waals surface area contributed by atoms with E-state index >= 15 is 0 Å². The Bertz CT molecular complexity index is 781. The van der Waals surface area contributed by atoms with Crippen LogP contribution in [0.15, 0.2) is 23.2 Å². The molecule has 24 heavy (non-hydrogen) atoms. The molecule has 126 valence electrons. The van der Waals surface area contributed by atoms with Crippen molar-refractivity contribution in [1.29, 1.82) is 0 Å². The van der Waals surface area contributed by atoms with Crippen LogP contribution in [0, 0.1) is 6.92 Å². The van der Waals surface area contributed by atoms with Crippen molar-refractivity contribution in [3.05, 3.63) is 34.9 Å². The second-order valence-electron chi connectivity index (χ2n) is 6.98. The Morgan fingerprint density at radius 2 is 1.88 bits per heavy atom. The Balaban J connectivity index is 1.65. The summed E-state index contributed by atoms with van der Waals surface area (Å²) in [7, 11) is 0. The number of hydrogen-bond acceptors (Lipinski definition) is 3. The van der Waals surface area contributed by atoms with Crippen molar-refractivity contribution in [2.75, 3.05) is 18.8 Å². The van der Waals surface area contributed by atoms with Crippen molar-refractivity contribution in [3.63, 3.8) is 0 Å². The molecule has 0 unspecified atom stereocenters. The average molecular weight is 340 g/mol. The predicted octanol–water partition coefficient (Wildman–Crippen LogP) is 4.14. The molecular formula is C20H24N2OS. The van der Waals surface area contributed by atoms with E-state index in [9.17, 15) is 4.79 Å². The number of nitrogens with zero attached hydrogens (tertiary/aromatic N) is 2. The van der Waals surface area contributed by atoms with Crippen LogP contribution in [-0.4, -0.2) is 34.6 Å². The van der Waals surface area contributed by atoms with Crippen LogP contribution >= 0.6 is 11.8 Å². The van der Waals surface area contributed by atoms with Crippen molar-refractivity contribution < 1.29 is 4.79 Å². The molecule has 0 bridgehead atoms. The van der Waals surface area contributed by atoms with Gasteiger partial charge in [0.15, 0.2) is 0 Å². The normalized spacial score (nSPS) is 17.3. The zero-order valence-corrected chi connectivity index (χ0v) is 15.1. The summed E-state index contributed by atoms with van der Waals surface area (Å²) < 4.78 is 0. The molecule has 0 N–H and O–H groups in total. The number of hydrogen-bond donors (Lipinski definition) is 0. The van der Waals surface area contributed by atoms with Gasteiger partial charge in [0.2, 0.25) is 5.91 Å². The summed E-state index contributed by atoms with van der Waals surface area (Å²) in [6.07, 6.45) is 7.05. The lowest BCUT2D eigenvalue weighted by molar-refractivity contribution is -0.127. The van der Waals surface area contributed by atoms with E-state index < -0.39 is 0 Å². The molecule has 1 aromatic carbocycles. The Morgan fingerprint density at radius 3 is 2.67 bits per heavy atom. The van der Waals surface area contributed by atoms with Gasteiger partial charge in [0, 0.05) is 18.5 Å². The minimum atomic E-state index is 0.271. The number of carbonyl (C=O) groups is 1. The minimum absolute atomic E-state index is 0.271. The minimum Gasteiger partial charge on any atom is -0.342 e. The largest absolute Gasteiger partial charge is 0.342 e. The zero-order valence-electron chi connectivity index (χ0n) is 14.3. The summed E-state index contributed by atoms with van der Waals surface area (Å²) in [6.45, 7) is 3.98. The van der Waals surface area contributed by atoms with Crippen molar-refractivity contribution in [1.82, 2.24) is 9.88 Å². The third-order valence-electron chi connectivity index (χ3n) is 5.22. The van der Waals surface area contributed by atoms with Gasteiger partial charge in [-0.3, -0.25) is 4.79 Å². The highest BCUT2D eigenvalue weighted by atomic mass is 32.2. The third-order valence-corrected chi connectivity index (χ3v) is 6.22. The fraction of sp³-hybridized carbons (Fsp3) is 0.500. The molecule has 1 aliphatic heterocycles. The highest BCUT2D eigenvalue weighted by Crippen LogP contribution is 2.35. The van der Waals surface area contributed by atoms with E-state index in [0.717, 1.165) is 49.3 Å². The fourth-order valence-corrected chi connectivity index (χ4v) is 4.92. The molecule has 4 rings (SSSR count). The van der Waals surface area contributed by atoms with Crippen LogP contribution in [0.3, 0.4) is 0 Å². The maximum absolute atomic E-state index is 12.4. The number of likely N-dealkylation sites (tertiary alicyclic amines) is 1. The molecule has 3 nitrogen and oxygen atoms in total. The molecule has 0 saturated carbocycles. The van der Waals surface area contributed by atoms with Gasteiger partial charge < -0.3 is 4.90 Å². The number of rotatable bonds is 3. The van der Waals surface area contributed by atoms with E-state index in [1.165, 1.54) is 34.9 Å². The number of amides is 1. The van der Waals surface area contributed by atoms with E-state index in [1.54, 1.807) is 11.8 Å². The quantitative estimate of drug-likeness (QED) is 0.788.